The van der Waals surface area contributed by atoms with Gasteiger partial charge < -0.3 is 14.7 Å². The molecular formula is C21H30N6. The molecule has 2 aliphatic heterocycles. The van der Waals surface area contributed by atoms with Crippen LogP contribution in [0.3, 0.4) is 0 Å². The smallest absolute Gasteiger partial charge is 0.132 e. The second-order valence-corrected chi connectivity index (χ2v) is 7.79. The van der Waals surface area contributed by atoms with Gasteiger partial charge in [-0.25, -0.2) is 15.0 Å². The fourth-order valence-corrected chi connectivity index (χ4v) is 4.19. The Bertz CT molecular complexity index is 742. The number of hydrogen-bond donors (Lipinski definition) is 0. The number of piperidine rings is 1. The second kappa shape index (κ2) is 8.21. The van der Waals surface area contributed by atoms with Gasteiger partial charge in [-0.2, -0.15) is 0 Å². The Kier molecular flexibility index (Phi) is 5.53. The summed E-state index contributed by atoms with van der Waals surface area (Å²) >= 11 is 0. The van der Waals surface area contributed by atoms with E-state index in [1.807, 2.05) is 19.2 Å². The Balaban J connectivity index is 1.52. The van der Waals surface area contributed by atoms with Crippen molar-refractivity contribution in [1.82, 2.24) is 19.9 Å². The molecule has 0 spiro atoms. The minimum atomic E-state index is 0.461. The van der Waals surface area contributed by atoms with E-state index in [9.17, 15) is 0 Å². The molecule has 2 aliphatic rings. The summed E-state index contributed by atoms with van der Waals surface area (Å²) < 4.78 is 0. The predicted octanol–water partition coefficient (Wildman–Crippen LogP) is 2.53. The summed E-state index contributed by atoms with van der Waals surface area (Å²) in [5.74, 6) is 3.06. The minimum Gasteiger partial charge on any atom is -0.354 e. The predicted molar refractivity (Wildman–Crippen MR) is 109 cm³/mol. The van der Waals surface area contributed by atoms with Crippen LogP contribution in [0, 0.1) is 6.92 Å². The van der Waals surface area contributed by atoms with Crippen LogP contribution in [0.5, 0.6) is 0 Å². The zero-order chi connectivity index (χ0) is 18.6. The van der Waals surface area contributed by atoms with Gasteiger partial charge in [0.1, 0.15) is 17.5 Å². The molecule has 0 N–H and O–H groups in total. The lowest BCUT2D eigenvalue weighted by atomic mass is 9.97. The first-order chi connectivity index (χ1) is 13.2. The molecule has 1 unspecified atom stereocenters. The van der Waals surface area contributed by atoms with Gasteiger partial charge in [-0.05, 0) is 45.4 Å². The number of anilines is 2. The molecule has 2 aromatic heterocycles. The van der Waals surface area contributed by atoms with Crippen molar-refractivity contribution in [2.24, 2.45) is 0 Å². The molecule has 2 aromatic rings. The molecule has 1 atom stereocenters. The molecule has 0 bridgehead atoms. The first-order valence-corrected chi connectivity index (χ1v) is 10.1. The van der Waals surface area contributed by atoms with Crippen LogP contribution >= 0.6 is 0 Å². The van der Waals surface area contributed by atoms with Crippen LogP contribution in [0.1, 0.15) is 30.8 Å². The zero-order valence-electron chi connectivity index (χ0n) is 16.5. The molecule has 2 fully saturated rings. The van der Waals surface area contributed by atoms with E-state index in [1.165, 1.54) is 19.3 Å². The normalized spacial score (nSPS) is 21.5. The van der Waals surface area contributed by atoms with Gasteiger partial charge in [-0.15, -0.1) is 0 Å². The van der Waals surface area contributed by atoms with E-state index in [0.717, 1.165) is 62.3 Å². The van der Waals surface area contributed by atoms with Crippen molar-refractivity contribution in [2.45, 2.75) is 38.6 Å². The quantitative estimate of drug-likeness (QED) is 0.829. The Hall–Kier alpha value is -2.21. The number of hydrogen-bond acceptors (Lipinski definition) is 6. The van der Waals surface area contributed by atoms with Gasteiger partial charge in [0, 0.05) is 63.1 Å². The first kappa shape index (κ1) is 18.2. The third kappa shape index (κ3) is 4.38. The van der Waals surface area contributed by atoms with Crippen LogP contribution in [-0.4, -0.2) is 65.7 Å². The van der Waals surface area contributed by atoms with E-state index < -0.39 is 0 Å². The molecule has 0 aliphatic carbocycles. The van der Waals surface area contributed by atoms with Crippen molar-refractivity contribution < 1.29 is 0 Å². The van der Waals surface area contributed by atoms with Crippen LogP contribution in [-0.2, 0) is 6.42 Å². The van der Waals surface area contributed by atoms with Crippen LogP contribution < -0.4 is 9.80 Å². The summed E-state index contributed by atoms with van der Waals surface area (Å²) in [5, 5.41) is 0. The zero-order valence-corrected chi connectivity index (χ0v) is 16.5. The minimum absolute atomic E-state index is 0.461. The molecule has 0 radical (unpaired) electrons. The first-order valence-electron chi connectivity index (χ1n) is 10.1. The fourth-order valence-electron chi connectivity index (χ4n) is 4.19. The molecule has 0 saturated carbocycles. The molecular weight excluding hydrogens is 336 g/mol. The lowest BCUT2D eigenvalue weighted by Crippen LogP contribution is -2.45. The van der Waals surface area contributed by atoms with Gasteiger partial charge in [0.05, 0.1) is 0 Å². The maximum atomic E-state index is 4.77. The second-order valence-electron chi connectivity index (χ2n) is 7.79. The van der Waals surface area contributed by atoms with Gasteiger partial charge in [0.15, 0.2) is 0 Å². The Labute approximate surface area is 162 Å². The van der Waals surface area contributed by atoms with E-state index in [4.69, 9.17) is 9.97 Å². The van der Waals surface area contributed by atoms with Crippen molar-refractivity contribution in [2.75, 3.05) is 49.6 Å². The van der Waals surface area contributed by atoms with E-state index in [0.29, 0.717) is 6.04 Å². The van der Waals surface area contributed by atoms with Crippen LogP contribution in [0.4, 0.5) is 11.6 Å². The third-order valence-electron chi connectivity index (χ3n) is 5.72. The highest BCUT2D eigenvalue weighted by Gasteiger charge is 2.25. The molecule has 144 valence electrons. The lowest BCUT2D eigenvalue weighted by Gasteiger charge is -2.37. The van der Waals surface area contributed by atoms with E-state index in [-0.39, 0.29) is 0 Å². The maximum Gasteiger partial charge on any atom is 0.132 e. The summed E-state index contributed by atoms with van der Waals surface area (Å²) in [4.78, 5) is 21.3. The van der Waals surface area contributed by atoms with E-state index in [2.05, 4.69) is 44.9 Å². The van der Waals surface area contributed by atoms with Crippen molar-refractivity contribution >= 4 is 11.6 Å². The van der Waals surface area contributed by atoms with Gasteiger partial charge in [-0.3, -0.25) is 0 Å². The summed E-state index contributed by atoms with van der Waals surface area (Å²) in [7, 11) is 2.18. The van der Waals surface area contributed by atoms with Crippen LogP contribution in [0.25, 0.3) is 0 Å². The van der Waals surface area contributed by atoms with E-state index >= 15 is 0 Å². The third-order valence-corrected chi connectivity index (χ3v) is 5.72. The van der Waals surface area contributed by atoms with E-state index in [1.54, 1.807) is 0 Å². The Morgan fingerprint density at radius 1 is 1.00 bits per heavy atom. The monoisotopic (exact) mass is 366 g/mol. The topological polar surface area (TPSA) is 48.4 Å². The molecule has 4 rings (SSSR count). The van der Waals surface area contributed by atoms with Crippen LogP contribution in [0.15, 0.2) is 30.5 Å². The van der Waals surface area contributed by atoms with Gasteiger partial charge in [0.25, 0.3) is 0 Å². The molecule has 4 heterocycles. The summed E-state index contributed by atoms with van der Waals surface area (Å²) in [6, 6.07) is 8.86. The lowest BCUT2D eigenvalue weighted by molar-refractivity contribution is 0.312. The summed E-state index contributed by atoms with van der Waals surface area (Å²) in [5.41, 5.74) is 1.16. The highest BCUT2D eigenvalue weighted by atomic mass is 15.3. The number of rotatable bonds is 4. The van der Waals surface area contributed by atoms with Crippen molar-refractivity contribution in [3.8, 4) is 0 Å². The van der Waals surface area contributed by atoms with Gasteiger partial charge in [-0.1, -0.05) is 6.07 Å². The highest BCUT2D eigenvalue weighted by molar-refractivity contribution is 5.43. The number of aryl methyl sites for hydroxylation is 1. The maximum absolute atomic E-state index is 4.77. The molecule has 2 saturated heterocycles. The number of aromatic nitrogens is 3. The van der Waals surface area contributed by atoms with Gasteiger partial charge >= 0.3 is 0 Å². The Morgan fingerprint density at radius 3 is 2.63 bits per heavy atom. The summed E-state index contributed by atoms with van der Waals surface area (Å²) in [6.45, 7) is 7.35. The van der Waals surface area contributed by atoms with Crippen molar-refractivity contribution in [3.05, 3.63) is 42.0 Å². The highest BCUT2D eigenvalue weighted by Crippen LogP contribution is 2.26. The number of piperazine rings is 1. The summed E-state index contributed by atoms with van der Waals surface area (Å²) in [6.07, 6.45) is 6.57. The average molecular weight is 367 g/mol. The standard InChI is InChI=1S/C21H30N6/c1-17-23-18(16-21(24-17)26-13-11-25(2)12-14-26)15-19-7-4-6-10-27(19)20-8-3-5-9-22-20/h3,5,8-9,16,19H,4,6-7,10-15H2,1-2H3. The number of likely N-dealkylation sites (N-methyl/N-ethyl adjacent to an activating group) is 1. The van der Waals surface area contributed by atoms with Crippen molar-refractivity contribution in [3.63, 3.8) is 0 Å². The average Bonchev–Trinajstić information content (AvgIpc) is 2.69. The molecule has 27 heavy (non-hydrogen) atoms. The molecule has 0 amide bonds. The number of pyridine rings is 1. The molecule has 6 heteroatoms. The molecule has 0 aromatic carbocycles. The van der Waals surface area contributed by atoms with Crippen molar-refractivity contribution in [1.29, 1.82) is 0 Å². The SMILES string of the molecule is Cc1nc(CC2CCCCN2c2ccccn2)cc(N2CCN(C)CC2)n1. The van der Waals surface area contributed by atoms with Gasteiger partial charge in [0.2, 0.25) is 0 Å². The Morgan fingerprint density at radius 2 is 1.85 bits per heavy atom. The van der Waals surface area contributed by atoms with Crippen LogP contribution in [0.2, 0.25) is 0 Å². The molecule has 6 nitrogen and oxygen atoms in total. The number of nitrogens with zero attached hydrogens (tertiary/aromatic N) is 6. The largest absolute Gasteiger partial charge is 0.354 e. The fraction of sp³-hybridized carbons (Fsp3) is 0.571.